The zero-order chi connectivity index (χ0) is 28.2. The van der Waals surface area contributed by atoms with Crippen LogP contribution in [0.1, 0.15) is 219 Å². The summed E-state index contributed by atoms with van der Waals surface area (Å²) in [7, 11) is 0. The van der Waals surface area contributed by atoms with Crippen LogP contribution in [-0.2, 0) is 9.47 Å². The summed E-state index contributed by atoms with van der Waals surface area (Å²) in [5.74, 6) is 0. The molecule has 2 fully saturated rings. The van der Waals surface area contributed by atoms with Crippen LogP contribution in [0.15, 0.2) is 0 Å². The Bertz CT molecular complexity index is 502. The maximum absolute atomic E-state index is 5.96. The zero-order valence-corrected chi connectivity index (χ0v) is 27.6. The second kappa shape index (κ2) is 27.7. The number of ether oxygens (including phenoxy) is 2. The van der Waals surface area contributed by atoms with Gasteiger partial charge in [0.05, 0.1) is 24.9 Å². The van der Waals surface area contributed by atoms with Crippen molar-refractivity contribution in [1.82, 2.24) is 0 Å². The van der Waals surface area contributed by atoms with E-state index in [1.165, 1.54) is 212 Å². The van der Waals surface area contributed by atoms with Crippen LogP contribution in [0.5, 0.6) is 0 Å². The largest absolute Gasteiger partial charge is 0.373 e. The van der Waals surface area contributed by atoms with E-state index in [-0.39, 0.29) is 0 Å². The van der Waals surface area contributed by atoms with Gasteiger partial charge in [-0.05, 0) is 19.3 Å². The molecular weight excluding hydrogens is 488 g/mol. The molecule has 0 bridgehead atoms. The molecule has 0 aromatic rings. The van der Waals surface area contributed by atoms with E-state index in [0.29, 0.717) is 18.3 Å². The summed E-state index contributed by atoms with van der Waals surface area (Å²) in [5, 5.41) is 0. The van der Waals surface area contributed by atoms with Crippen molar-refractivity contribution in [1.29, 1.82) is 0 Å². The minimum Gasteiger partial charge on any atom is -0.373 e. The molecular formula is C38H74O2. The van der Waals surface area contributed by atoms with Gasteiger partial charge in [0.1, 0.15) is 0 Å². The molecule has 0 aromatic carbocycles. The lowest BCUT2D eigenvalue weighted by Crippen LogP contribution is -1.95. The van der Waals surface area contributed by atoms with Crippen molar-refractivity contribution in [3.63, 3.8) is 0 Å². The zero-order valence-electron chi connectivity index (χ0n) is 27.6. The first-order chi connectivity index (χ1) is 19.9. The Morgan fingerprint density at radius 2 is 0.600 bits per heavy atom. The number of epoxide rings is 2. The second-order valence-corrected chi connectivity index (χ2v) is 13.8. The standard InChI is InChI=1S/C38H74O2/c1-2-3-4-5-6-7-8-9-15-18-21-24-27-30-33-37-38(40-37)34-31-28-25-22-19-16-13-11-10-12-14-17-20-23-26-29-32-36-35-39-36/h36-38H,2-35H2,1H3. The molecule has 238 valence electrons. The van der Waals surface area contributed by atoms with E-state index in [1.807, 2.05) is 0 Å². The van der Waals surface area contributed by atoms with Crippen LogP contribution >= 0.6 is 0 Å². The van der Waals surface area contributed by atoms with Gasteiger partial charge in [0.15, 0.2) is 0 Å². The number of hydrogen-bond acceptors (Lipinski definition) is 2. The summed E-state index contributed by atoms with van der Waals surface area (Å²) in [6, 6.07) is 0. The van der Waals surface area contributed by atoms with Crippen LogP contribution < -0.4 is 0 Å². The summed E-state index contributed by atoms with van der Waals surface area (Å²) < 4.78 is 11.2. The Labute approximate surface area is 252 Å². The summed E-state index contributed by atoms with van der Waals surface area (Å²) in [6.07, 6.45) is 49.4. The van der Waals surface area contributed by atoms with Crippen molar-refractivity contribution < 1.29 is 9.47 Å². The molecule has 0 radical (unpaired) electrons. The van der Waals surface area contributed by atoms with Crippen molar-refractivity contribution in [3.05, 3.63) is 0 Å². The Kier molecular flexibility index (Phi) is 25.0. The molecule has 2 aliphatic heterocycles. The van der Waals surface area contributed by atoms with Gasteiger partial charge in [0.25, 0.3) is 0 Å². The van der Waals surface area contributed by atoms with Crippen LogP contribution in [0.2, 0.25) is 0 Å². The third kappa shape index (κ3) is 24.5. The molecule has 40 heavy (non-hydrogen) atoms. The monoisotopic (exact) mass is 563 g/mol. The van der Waals surface area contributed by atoms with Gasteiger partial charge in [-0.3, -0.25) is 0 Å². The second-order valence-electron chi connectivity index (χ2n) is 13.8. The molecule has 0 saturated carbocycles. The minimum absolute atomic E-state index is 0.629. The van der Waals surface area contributed by atoms with Gasteiger partial charge in [0, 0.05) is 0 Å². The van der Waals surface area contributed by atoms with Gasteiger partial charge in [-0.25, -0.2) is 0 Å². The van der Waals surface area contributed by atoms with Gasteiger partial charge >= 0.3 is 0 Å². The van der Waals surface area contributed by atoms with Gasteiger partial charge in [-0.1, -0.05) is 200 Å². The van der Waals surface area contributed by atoms with Crippen LogP contribution in [0.4, 0.5) is 0 Å². The minimum atomic E-state index is 0.629. The Morgan fingerprint density at radius 3 is 0.875 bits per heavy atom. The number of hydrogen-bond donors (Lipinski definition) is 0. The van der Waals surface area contributed by atoms with Crippen LogP contribution in [0.25, 0.3) is 0 Å². The molecule has 2 rings (SSSR count). The van der Waals surface area contributed by atoms with E-state index in [4.69, 9.17) is 9.47 Å². The predicted octanol–water partition coefficient (Wildman–Crippen LogP) is 13.0. The third-order valence-electron chi connectivity index (χ3n) is 9.70. The van der Waals surface area contributed by atoms with E-state index in [9.17, 15) is 0 Å². The highest BCUT2D eigenvalue weighted by Crippen LogP contribution is 2.32. The molecule has 2 aliphatic rings. The lowest BCUT2D eigenvalue weighted by atomic mass is 10.0. The summed E-state index contributed by atoms with van der Waals surface area (Å²) in [4.78, 5) is 0. The van der Waals surface area contributed by atoms with Crippen molar-refractivity contribution in [3.8, 4) is 0 Å². The maximum atomic E-state index is 5.96. The topological polar surface area (TPSA) is 25.1 Å². The van der Waals surface area contributed by atoms with Crippen molar-refractivity contribution in [2.24, 2.45) is 0 Å². The fourth-order valence-electron chi connectivity index (χ4n) is 6.65. The Morgan fingerprint density at radius 1 is 0.350 bits per heavy atom. The highest BCUT2D eigenvalue weighted by atomic mass is 16.6. The lowest BCUT2D eigenvalue weighted by molar-refractivity contribution is 0.347. The highest BCUT2D eigenvalue weighted by Gasteiger charge is 2.36. The Hall–Kier alpha value is -0.0800. The molecule has 2 heteroatoms. The summed E-state index contributed by atoms with van der Waals surface area (Å²) in [5.41, 5.74) is 0. The maximum Gasteiger partial charge on any atom is 0.0841 e. The average Bonchev–Trinajstić information content (AvgIpc) is 3.90. The first-order valence-electron chi connectivity index (χ1n) is 19.2. The molecule has 2 heterocycles. The molecule has 0 N–H and O–H groups in total. The van der Waals surface area contributed by atoms with Crippen molar-refractivity contribution in [2.45, 2.75) is 237 Å². The fraction of sp³-hybridized carbons (Fsp3) is 1.00. The quantitative estimate of drug-likeness (QED) is 0.0575. The molecule has 0 amide bonds. The molecule has 0 aliphatic carbocycles. The molecule has 3 unspecified atom stereocenters. The van der Waals surface area contributed by atoms with E-state index < -0.39 is 0 Å². The Balaban J connectivity index is 1.16. The molecule has 0 aromatic heterocycles. The van der Waals surface area contributed by atoms with E-state index in [0.717, 1.165) is 6.61 Å². The van der Waals surface area contributed by atoms with Gasteiger partial charge < -0.3 is 9.47 Å². The molecule has 0 spiro atoms. The highest BCUT2D eigenvalue weighted by molar-refractivity contribution is 4.84. The van der Waals surface area contributed by atoms with Crippen molar-refractivity contribution >= 4 is 0 Å². The first-order valence-corrected chi connectivity index (χ1v) is 19.2. The lowest BCUT2D eigenvalue weighted by Gasteiger charge is -2.04. The average molecular weight is 563 g/mol. The summed E-state index contributed by atoms with van der Waals surface area (Å²) in [6.45, 7) is 3.34. The normalized spacial score (nSPS) is 19.9. The first kappa shape index (κ1) is 36.1. The summed E-state index contributed by atoms with van der Waals surface area (Å²) >= 11 is 0. The predicted molar refractivity (Wildman–Crippen MR) is 176 cm³/mol. The van der Waals surface area contributed by atoms with Gasteiger partial charge in [-0.15, -0.1) is 0 Å². The van der Waals surface area contributed by atoms with Crippen LogP contribution in [0, 0.1) is 0 Å². The smallest absolute Gasteiger partial charge is 0.0841 e. The van der Waals surface area contributed by atoms with Gasteiger partial charge in [-0.2, -0.15) is 0 Å². The number of rotatable bonds is 34. The van der Waals surface area contributed by atoms with Crippen molar-refractivity contribution in [2.75, 3.05) is 6.61 Å². The van der Waals surface area contributed by atoms with Crippen LogP contribution in [-0.4, -0.2) is 24.9 Å². The molecule has 3 atom stereocenters. The number of unbranched alkanes of at least 4 members (excludes halogenated alkanes) is 28. The molecule has 2 saturated heterocycles. The third-order valence-corrected chi connectivity index (χ3v) is 9.70. The van der Waals surface area contributed by atoms with Crippen LogP contribution in [0.3, 0.4) is 0 Å². The van der Waals surface area contributed by atoms with E-state index in [2.05, 4.69) is 6.92 Å². The van der Waals surface area contributed by atoms with Gasteiger partial charge in [0.2, 0.25) is 0 Å². The van der Waals surface area contributed by atoms with E-state index >= 15 is 0 Å². The molecule has 2 nitrogen and oxygen atoms in total. The SMILES string of the molecule is CCCCCCCCCCCCCCCCC1OC1CCCCCCCCCCCCCCCCCCC1CO1. The fourth-order valence-corrected chi connectivity index (χ4v) is 6.65. The van der Waals surface area contributed by atoms with E-state index in [1.54, 1.807) is 0 Å².